The summed E-state index contributed by atoms with van der Waals surface area (Å²) in [6.07, 6.45) is 4.43. The van der Waals surface area contributed by atoms with Gasteiger partial charge in [0.15, 0.2) is 0 Å². The van der Waals surface area contributed by atoms with E-state index < -0.39 is 0 Å². The molecule has 0 saturated heterocycles. The third kappa shape index (κ3) is 6.98. The number of nitrogens with one attached hydrogen (secondary N) is 1. The molecule has 0 amide bonds. The first kappa shape index (κ1) is 17.8. The maximum absolute atomic E-state index is 6.11. The van der Waals surface area contributed by atoms with Crippen LogP contribution in [0.5, 0.6) is 0 Å². The van der Waals surface area contributed by atoms with Gasteiger partial charge in [-0.25, -0.2) is 0 Å². The molecule has 0 aliphatic heterocycles. The lowest BCUT2D eigenvalue weighted by atomic mass is 10.0. The minimum absolute atomic E-state index is 0.394. The SMILES string of the molecule is CCCNC(CCN(C)CCSC)c1cccc(Cl)c1. The van der Waals surface area contributed by atoms with Crippen molar-refractivity contribution in [3.63, 3.8) is 0 Å². The van der Waals surface area contributed by atoms with Gasteiger partial charge in [-0.1, -0.05) is 30.7 Å². The van der Waals surface area contributed by atoms with E-state index in [2.05, 4.69) is 42.6 Å². The van der Waals surface area contributed by atoms with Crippen LogP contribution in [0.4, 0.5) is 0 Å². The van der Waals surface area contributed by atoms with Gasteiger partial charge in [0.1, 0.15) is 0 Å². The van der Waals surface area contributed by atoms with Crippen molar-refractivity contribution in [3.8, 4) is 0 Å². The zero-order chi connectivity index (χ0) is 14.8. The lowest BCUT2D eigenvalue weighted by Gasteiger charge is -2.23. The van der Waals surface area contributed by atoms with Crippen molar-refractivity contribution in [1.29, 1.82) is 0 Å². The molecule has 1 atom stereocenters. The highest BCUT2D eigenvalue weighted by Gasteiger charge is 2.12. The smallest absolute Gasteiger partial charge is 0.0409 e. The summed E-state index contributed by atoms with van der Waals surface area (Å²) in [7, 11) is 2.20. The summed E-state index contributed by atoms with van der Waals surface area (Å²) >= 11 is 8.01. The molecule has 1 N–H and O–H groups in total. The number of hydrogen-bond donors (Lipinski definition) is 1. The van der Waals surface area contributed by atoms with Crippen LogP contribution >= 0.6 is 23.4 Å². The van der Waals surface area contributed by atoms with Crippen LogP contribution in [-0.4, -0.2) is 43.6 Å². The first-order valence-corrected chi connectivity index (χ1v) is 9.11. The van der Waals surface area contributed by atoms with Gasteiger partial charge in [0.05, 0.1) is 0 Å². The maximum atomic E-state index is 6.11. The lowest BCUT2D eigenvalue weighted by Crippen LogP contribution is -2.29. The Morgan fingerprint density at radius 3 is 2.80 bits per heavy atom. The third-order valence-corrected chi connectivity index (χ3v) is 4.19. The fraction of sp³-hybridized carbons (Fsp3) is 0.625. The monoisotopic (exact) mass is 314 g/mol. The van der Waals surface area contributed by atoms with Crippen LogP contribution in [0.15, 0.2) is 24.3 Å². The Morgan fingerprint density at radius 1 is 1.35 bits per heavy atom. The van der Waals surface area contributed by atoms with Crippen LogP contribution in [0.2, 0.25) is 5.02 Å². The van der Waals surface area contributed by atoms with Gasteiger partial charge in [-0.15, -0.1) is 0 Å². The summed E-state index contributed by atoms with van der Waals surface area (Å²) < 4.78 is 0. The molecule has 4 heteroatoms. The van der Waals surface area contributed by atoms with E-state index in [0.717, 1.165) is 37.5 Å². The minimum atomic E-state index is 0.394. The summed E-state index contributed by atoms with van der Waals surface area (Å²) in [5.41, 5.74) is 1.30. The zero-order valence-corrected chi connectivity index (χ0v) is 14.4. The summed E-state index contributed by atoms with van der Waals surface area (Å²) in [4.78, 5) is 2.40. The van der Waals surface area contributed by atoms with Crippen LogP contribution < -0.4 is 5.32 Å². The molecule has 0 aliphatic rings. The average Bonchev–Trinajstić information content (AvgIpc) is 2.45. The highest BCUT2D eigenvalue weighted by molar-refractivity contribution is 7.98. The second-order valence-corrected chi connectivity index (χ2v) is 6.57. The number of halogens is 1. The lowest BCUT2D eigenvalue weighted by molar-refractivity contribution is 0.323. The molecule has 1 rings (SSSR count). The number of nitrogens with zero attached hydrogens (tertiary/aromatic N) is 1. The Bertz CT molecular complexity index is 373. The quantitative estimate of drug-likeness (QED) is 0.701. The predicted octanol–water partition coefficient (Wildman–Crippen LogP) is 4.07. The normalized spacial score (nSPS) is 12.8. The predicted molar refractivity (Wildman–Crippen MR) is 93.0 cm³/mol. The van der Waals surface area contributed by atoms with Crippen LogP contribution in [-0.2, 0) is 0 Å². The highest BCUT2D eigenvalue weighted by Crippen LogP contribution is 2.20. The van der Waals surface area contributed by atoms with Crippen LogP contribution in [0.25, 0.3) is 0 Å². The molecule has 0 aromatic heterocycles. The Morgan fingerprint density at radius 2 is 2.15 bits per heavy atom. The van der Waals surface area contributed by atoms with Gasteiger partial charge in [-0.2, -0.15) is 11.8 Å². The van der Waals surface area contributed by atoms with Gasteiger partial charge in [0.25, 0.3) is 0 Å². The molecule has 0 heterocycles. The van der Waals surface area contributed by atoms with Gasteiger partial charge in [0.2, 0.25) is 0 Å². The van der Waals surface area contributed by atoms with E-state index in [1.807, 2.05) is 23.9 Å². The third-order valence-electron chi connectivity index (χ3n) is 3.37. The van der Waals surface area contributed by atoms with Crippen molar-refractivity contribution in [3.05, 3.63) is 34.9 Å². The van der Waals surface area contributed by atoms with E-state index in [-0.39, 0.29) is 0 Å². The molecule has 0 fully saturated rings. The van der Waals surface area contributed by atoms with Crippen molar-refractivity contribution in [1.82, 2.24) is 10.2 Å². The molecule has 114 valence electrons. The Hall–Kier alpha value is -0.220. The van der Waals surface area contributed by atoms with E-state index in [9.17, 15) is 0 Å². The summed E-state index contributed by atoms with van der Waals surface area (Å²) in [5, 5.41) is 4.45. The summed E-state index contributed by atoms with van der Waals surface area (Å²) in [6, 6.07) is 8.62. The van der Waals surface area contributed by atoms with Gasteiger partial charge in [-0.3, -0.25) is 0 Å². The number of benzene rings is 1. The van der Waals surface area contributed by atoms with Gasteiger partial charge < -0.3 is 10.2 Å². The fourth-order valence-corrected chi connectivity index (χ4v) is 2.83. The Labute approximate surface area is 133 Å². The van der Waals surface area contributed by atoms with E-state index in [1.165, 1.54) is 11.3 Å². The molecular formula is C16H27ClN2S. The topological polar surface area (TPSA) is 15.3 Å². The van der Waals surface area contributed by atoms with Gasteiger partial charge >= 0.3 is 0 Å². The van der Waals surface area contributed by atoms with E-state index in [4.69, 9.17) is 11.6 Å². The Balaban J connectivity index is 2.55. The summed E-state index contributed by atoms with van der Waals surface area (Å²) in [6.45, 7) is 5.50. The van der Waals surface area contributed by atoms with Crippen LogP contribution in [0.1, 0.15) is 31.4 Å². The molecule has 1 aromatic carbocycles. The number of thioether (sulfide) groups is 1. The standard InChI is InChI=1S/C16H27ClN2S/c1-4-9-18-16(8-10-19(2)11-12-20-3)14-6-5-7-15(17)13-14/h5-7,13,16,18H,4,8-12H2,1-3H3. The molecule has 20 heavy (non-hydrogen) atoms. The van der Waals surface area contributed by atoms with Crippen molar-refractivity contribution in [2.75, 3.05) is 38.7 Å². The second-order valence-electron chi connectivity index (χ2n) is 5.15. The number of rotatable bonds is 10. The number of hydrogen-bond acceptors (Lipinski definition) is 3. The minimum Gasteiger partial charge on any atom is -0.310 e. The van der Waals surface area contributed by atoms with Gasteiger partial charge in [-0.05, 0) is 56.9 Å². The Kier molecular flexibility index (Phi) is 9.36. The molecule has 0 radical (unpaired) electrons. The first-order valence-electron chi connectivity index (χ1n) is 7.33. The highest BCUT2D eigenvalue weighted by atomic mass is 35.5. The molecule has 0 aliphatic carbocycles. The molecule has 0 saturated carbocycles. The van der Waals surface area contributed by atoms with E-state index in [0.29, 0.717) is 6.04 Å². The van der Waals surface area contributed by atoms with Gasteiger partial charge in [0, 0.05) is 23.4 Å². The van der Waals surface area contributed by atoms with Crippen LogP contribution in [0.3, 0.4) is 0 Å². The first-order chi connectivity index (χ1) is 9.67. The van der Waals surface area contributed by atoms with Crippen molar-refractivity contribution in [2.24, 2.45) is 0 Å². The van der Waals surface area contributed by atoms with Crippen molar-refractivity contribution < 1.29 is 0 Å². The van der Waals surface area contributed by atoms with Crippen LogP contribution in [0, 0.1) is 0 Å². The molecule has 0 spiro atoms. The van der Waals surface area contributed by atoms with E-state index in [1.54, 1.807) is 0 Å². The molecule has 2 nitrogen and oxygen atoms in total. The maximum Gasteiger partial charge on any atom is 0.0409 e. The van der Waals surface area contributed by atoms with Crippen molar-refractivity contribution >= 4 is 23.4 Å². The molecule has 0 bridgehead atoms. The largest absolute Gasteiger partial charge is 0.310 e. The molecule has 1 unspecified atom stereocenters. The average molecular weight is 315 g/mol. The fourth-order valence-electron chi connectivity index (χ4n) is 2.14. The van der Waals surface area contributed by atoms with Crippen molar-refractivity contribution in [2.45, 2.75) is 25.8 Å². The summed E-state index contributed by atoms with van der Waals surface area (Å²) in [5.74, 6) is 1.20. The van der Waals surface area contributed by atoms with E-state index >= 15 is 0 Å². The second kappa shape index (κ2) is 10.5. The molecule has 1 aromatic rings. The molecular weight excluding hydrogens is 288 g/mol. The zero-order valence-electron chi connectivity index (χ0n) is 12.9.